The van der Waals surface area contributed by atoms with Gasteiger partial charge in [0, 0.05) is 13.0 Å². The van der Waals surface area contributed by atoms with E-state index < -0.39 is 30.9 Å². The van der Waals surface area contributed by atoms with Gasteiger partial charge in [-0.2, -0.15) is 0 Å². The van der Waals surface area contributed by atoms with Gasteiger partial charge in [0.05, 0.1) is 12.5 Å². The van der Waals surface area contributed by atoms with Crippen LogP contribution in [0, 0.1) is 11.8 Å². The van der Waals surface area contributed by atoms with Crippen LogP contribution in [0.3, 0.4) is 0 Å². The lowest BCUT2D eigenvalue weighted by Gasteiger charge is -2.39. The van der Waals surface area contributed by atoms with Gasteiger partial charge in [0.25, 0.3) is 0 Å². The molecular formula is C21H32O8. The van der Waals surface area contributed by atoms with Crippen LogP contribution in [-0.4, -0.2) is 72.0 Å². The molecule has 2 fully saturated rings. The number of hydrogen-bond acceptors (Lipinski definition) is 8. The van der Waals surface area contributed by atoms with E-state index in [1.54, 1.807) is 0 Å². The van der Waals surface area contributed by atoms with Crippen LogP contribution in [0.1, 0.15) is 39.5 Å². The maximum absolute atomic E-state index is 12.1. The van der Waals surface area contributed by atoms with Gasteiger partial charge >= 0.3 is 5.97 Å². The van der Waals surface area contributed by atoms with Gasteiger partial charge in [-0.15, -0.1) is 0 Å². The number of allylic oxidation sites excluding steroid dienone is 2. The molecule has 164 valence electrons. The molecule has 0 bridgehead atoms. The Hall–Kier alpha value is -1.29. The molecule has 0 amide bonds. The SMILES string of the molecule is CO[C@@H]1O[C@H](OC/C2=C\[C@H]3OC(=O)[C@@H](C)[C@@H]3CC/C(C)=C/CC2)[C@@H](O)[C@H](O)[C@H]1O. The molecule has 0 aromatic heterocycles. The average Bonchev–Trinajstić information content (AvgIpc) is 2.96. The van der Waals surface area contributed by atoms with Crippen molar-refractivity contribution >= 4 is 5.97 Å². The van der Waals surface area contributed by atoms with Gasteiger partial charge in [0.2, 0.25) is 0 Å². The maximum atomic E-state index is 12.1. The van der Waals surface area contributed by atoms with Crippen LogP contribution in [0.4, 0.5) is 0 Å². The highest BCUT2D eigenvalue weighted by molar-refractivity contribution is 5.75. The monoisotopic (exact) mass is 412 g/mol. The van der Waals surface area contributed by atoms with Crippen molar-refractivity contribution in [3.8, 4) is 0 Å². The average molecular weight is 412 g/mol. The molecule has 29 heavy (non-hydrogen) atoms. The Morgan fingerprint density at radius 2 is 1.86 bits per heavy atom. The Morgan fingerprint density at radius 1 is 1.14 bits per heavy atom. The molecule has 0 radical (unpaired) electrons. The van der Waals surface area contributed by atoms with Crippen molar-refractivity contribution < 1.29 is 39.1 Å². The van der Waals surface area contributed by atoms with E-state index in [9.17, 15) is 20.1 Å². The van der Waals surface area contributed by atoms with Crippen molar-refractivity contribution in [1.82, 2.24) is 0 Å². The fourth-order valence-corrected chi connectivity index (χ4v) is 4.14. The number of hydrogen-bond donors (Lipinski definition) is 3. The van der Waals surface area contributed by atoms with Crippen LogP contribution in [0.5, 0.6) is 0 Å². The van der Waals surface area contributed by atoms with Crippen LogP contribution in [0.25, 0.3) is 0 Å². The summed E-state index contributed by atoms with van der Waals surface area (Å²) in [7, 11) is 1.34. The van der Waals surface area contributed by atoms with E-state index in [1.807, 2.05) is 13.0 Å². The number of fused-ring (bicyclic) bond motifs is 1. The van der Waals surface area contributed by atoms with Crippen LogP contribution < -0.4 is 0 Å². The highest BCUT2D eigenvalue weighted by atomic mass is 16.8. The lowest BCUT2D eigenvalue weighted by Crippen LogP contribution is -2.58. The molecule has 3 N–H and O–H groups in total. The minimum absolute atomic E-state index is 0.116. The Kier molecular flexibility index (Phi) is 7.47. The van der Waals surface area contributed by atoms with E-state index in [0.717, 1.165) is 24.8 Å². The quantitative estimate of drug-likeness (QED) is 0.464. The summed E-state index contributed by atoms with van der Waals surface area (Å²) in [5.74, 6) is -0.206. The minimum atomic E-state index is -1.44. The molecule has 2 saturated heterocycles. The molecule has 8 nitrogen and oxygen atoms in total. The Bertz CT molecular complexity index is 643. The molecule has 0 aromatic carbocycles. The predicted molar refractivity (Wildman–Crippen MR) is 102 cm³/mol. The molecule has 8 heteroatoms. The number of esters is 1. The fourth-order valence-electron chi connectivity index (χ4n) is 4.14. The van der Waals surface area contributed by atoms with Gasteiger partial charge in [-0.3, -0.25) is 4.79 Å². The largest absolute Gasteiger partial charge is 0.458 e. The summed E-state index contributed by atoms with van der Waals surface area (Å²) in [6.45, 7) is 4.15. The van der Waals surface area contributed by atoms with E-state index in [1.165, 1.54) is 12.7 Å². The normalized spacial score (nSPS) is 44.8. The third-order valence-corrected chi connectivity index (χ3v) is 6.11. The standard InChI is InChI=1S/C21H32O8/c1-11-5-4-6-13(9-15-14(8-7-11)12(2)19(25)28-15)10-27-21-18(24)16(22)17(23)20(26-3)29-21/h5,9,12,14-18,20-24H,4,6-8,10H2,1-3H3/b11-5+,13-9-/t12-,14-,15+,16+,17+,18-,20+,21-/m0/s1. The number of aliphatic hydroxyl groups excluding tert-OH is 3. The van der Waals surface area contributed by atoms with Crippen molar-refractivity contribution in [3.05, 3.63) is 23.3 Å². The first-order valence-corrected chi connectivity index (χ1v) is 10.2. The second kappa shape index (κ2) is 9.68. The zero-order chi connectivity index (χ0) is 21.1. The molecule has 0 spiro atoms. The molecule has 2 heterocycles. The van der Waals surface area contributed by atoms with Crippen molar-refractivity contribution in [3.63, 3.8) is 0 Å². The van der Waals surface area contributed by atoms with Gasteiger partial charge in [-0.1, -0.05) is 18.6 Å². The molecule has 8 atom stereocenters. The fraction of sp³-hybridized carbons (Fsp3) is 0.762. The van der Waals surface area contributed by atoms with Crippen molar-refractivity contribution in [2.24, 2.45) is 11.8 Å². The van der Waals surface area contributed by atoms with Gasteiger partial charge < -0.3 is 34.3 Å². The van der Waals surface area contributed by atoms with E-state index in [4.69, 9.17) is 18.9 Å². The Morgan fingerprint density at radius 3 is 2.59 bits per heavy atom. The first kappa shape index (κ1) is 22.4. The van der Waals surface area contributed by atoms with Crippen LogP contribution >= 0.6 is 0 Å². The smallest absolute Gasteiger partial charge is 0.309 e. The third kappa shape index (κ3) is 5.07. The predicted octanol–water partition coefficient (Wildman–Crippen LogP) is 1.04. The topological polar surface area (TPSA) is 115 Å². The summed E-state index contributed by atoms with van der Waals surface area (Å²) in [5, 5.41) is 30.0. The number of ether oxygens (including phenoxy) is 4. The number of methoxy groups -OCH3 is 1. The lowest BCUT2D eigenvalue weighted by molar-refractivity contribution is -0.343. The van der Waals surface area contributed by atoms with Crippen molar-refractivity contribution in [2.75, 3.05) is 13.7 Å². The van der Waals surface area contributed by atoms with Crippen LogP contribution in [-0.2, 0) is 23.7 Å². The van der Waals surface area contributed by atoms with Crippen LogP contribution in [0.15, 0.2) is 23.3 Å². The third-order valence-electron chi connectivity index (χ3n) is 6.11. The first-order chi connectivity index (χ1) is 13.8. The molecule has 1 aliphatic carbocycles. The lowest BCUT2D eigenvalue weighted by atomic mass is 9.84. The van der Waals surface area contributed by atoms with Crippen molar-refractivity contribution in [1.29, 1.82) is 0 Å². The molecular weight excluding hydrogens is 380 g/mol. The summed E-state index contributed by atoms with van der Waals surface area (Å²) >= 11 is 0. The highest BCUT2D eigenvalue weighted by Gasteiger charge is 2.45. The zero-order valence-corrected chi connectivity index (χ0v) is 17.2. The van der Waals surface area contributed by atoms with Crippen LogP contribution in [0.2, 0.25) is 0 Å². The molecule has 3 rings (SSSR count). The summed E-state index contributed by atoms with van der Waals surface area (Å²) in [4.78, 5) is 12.1. The number of aliphatic hydroxyl groups is 3. The van der Waals surface area contributed by atoms with E-state index >= 15 is 0 Å². The molecule has 3 aliphatic rings. The maximum Gasteiger partial charge on any atom is 0.309 e. The molecule has 2 aliphatic heterocycles. The number of carbonyl (C=O) groups excluding carboxylic acids is 1. The summed E-state index contributed by atoms with van der Waals surface area (Å²) in [6, 6.07) is 0. The molecule has 0 unspecified atom stereocenters. The van der Waals surface area contributed by atoms with E-state index in [-0.39, 0.29) is 30.5 Å². The molecule has 0 saturated carbocycles. The van der Waals surface area contributed by atoms with Crippen molar-refractivity contribution in [2.45, 2.75) is 76.5 Å². The first-order valence-electron chi connectivity index (χ1n) is 10.2. The second-order valence-corrected chi connectivity index (χ2v) is 8.20. The second-order valence-electron chi connectivity index (χ2n) is 8.20. The zero-order valence-electron chi connectivity index (χ0n) is 17.2. The van der Waals surface area contributed by atoms with Gasteiger partial charge in [0.15, 0.2) is 12.6 Å². The van der Waals surface area contributed by atoms with Gasteiger partial charge in [0.1, 0.15) is 24.4 Å². The van der Waals surface area contributed by atoms with E-state index in [2.05, 4.69) is 13.0 Å². The number of rotatable bonds is 4. The molecule has 0 aromatic rings. The summed E-state index contributed by atoms with van der Waals surface area (Å²) < 4.78 is 21.8. The minimum Gasteiger partial charge on any atom is -0.458 e. The number of carbonyl (C=O) groups is 1. The van der Waals surface area contributed by atoms with Gasteiger partial charge in [-0.05, 0) is 44.3 Å². The Balaban J connectivity index is 1.71. The summed E-state index contributed by atoms with van der Waals surface area (Å²) in [5.41, 5.74) is 2.22. The highest BCUT2D eigenvalue weighted by Crippen LogP contribution is 2.35. The van der Waals surface area contributed by atoms with Gasteiger partial charge in [-0.25, -0.2) is 0 Å². The van der Waals surface area contributed by atoms with E-state index in [0.29, 0.717) is 6.42 Å². The Labute approximate surface area is 171 Å². The summed E-state index contributed by atoms with van der Waals surface area (Å²) in [6.07, 6.45) is 0.783.